The van der Waals surface area contributed by atoms with E-state index in [1.165, 1.54) is 17.7 Å². The van der Waals surface area contributed by atoms with Crippen molar-refractivity contribution in [2.45, 2.75) is 46.0 Å². The second-order valence-corrected chi connectivity index (χ2v) is 16.4. The van der Waals surface area contributed by atoms with Crippen LogP contribution in [0.2, 0.25) is 0 Å². The molecule has 0 atom stereocenters. The Labute approximate surface area is 381 Å². The SMILES string of the molecule is CC(C)c1cc(-c2cc(F)cc(F)c2)cc(C(C)C)c1N1[CH-]N(c2[c-]c(Oc3[c-]c4c(cc3)c3ccccc3n4-c3ccccn3)cc(Cc3ccccc3)c2)c2ccccc21.[Pt]. The minimum absolute atomic E-state index is 0. The summed E-state index contributed by atoms with van der Waals surface area (Å²) in [7, 11) is 0. The predicted molar refractivity (Wildman–Crippen MR) is 247 cm³/mol. The fourth-order valence-electron chi connectivity index (χ4n) is 8.69. The van der Waals surface area contributed by atoms with Crippen LogP contribution in [-0.4, -0.2) is 9.55 Å². The number of para-hydroxylation sites is 3. The van der Waals surface area contributed by atoms with Crippen molar-refractivity contribution in [3.8, 4) is 28.4 Å². The smallest absolute Gasteiger partial charge is 0.135 e. The van der Waals surface area contributed by atoms with Crippen molar-refractivity contribution in [3.05, 3.63) is 211 Å². The summed E-state index contributed by atoms with van der Waals surface area (Å²) in [5.74, 6) is 0.925. The van der Waals surface area contributed by atoms with Crippen LogP contribution in [0.4, 0.5) is 31.5 Å². The number of ether oxygens (including phenoxy) is 1. The first-order chi connectivity index (χ1) is 30.2. The van der Waals surface area contributed by atoms with Crippen LogP contribution in [0.5, 0.6) is 11.5 Å². The molecule has 0 spiro atoms. The van der Waals surface area contributed by atoms with Gasteiger partial charge in [0.1, 0.15) is 17.5 Å². The first-order valence-corrected chi connectivity index (χ1v) is 21.0. The molecule has 63 heavy (non-hydrogen) atoms. The Morgan fingerprint density at radius 2 is 1.25 bits per heavy atom. The summed E-state index contributed by atoms with van der Waals surface area (Å²) in [4.78, 5) is 9.13. The summed E-state index contributed by atoms with van der Waals surface area (Å²) in [5.41, 5.74) is 11.4. The maximum Gasteiger partial charge on any atom is 0.135 e. The van der Waals surface area contributed by atoms with Crippen molar-refractivity contribution < 1.29 is 34.6 Å². The second kappa shape index (κ2) is 17.3. The molecule has 7 aromatic carbocycles. The maximum absolute atomic E-state index is 14.5. The average molecular weight is 1010 g/mol. The number of nitrogens with zero attached hydrogens (tertiary/aromatic N) is 4. The van der Waals surface area contributed by atoms with Crippen LogP contribution in [-0.2, 0) is 27.5 Å². The molecular formula is C55H43F2N4OPt-3. The fraction of sp³-hybridized carbons (Fsp3) is 0.127. The largest absolute Gasteiger partial charge is 0.509 e. The Kier molecular flexibility index (Phi) is 11.5. The van der Waals surface area contributed by atoms with E-state index < -0.39 is 11.6 Å². The number of fused-ring (bicyclic) bond motifs is 4. The predicted octanol–water partition coefficient (Wildman–Crippen LogP) is 14.8. The Morgan fingerprint density at radius 3 is 1.95 bits per heavy atom. The molecule has 8 heteroatoms. The van der Waals surface area contributed by atoms with Crippen molar-refractivity contribution in [3.63, 3.8) is 0 Å². The zero-order valence-corrected chi connectivity index (χ0v) is 37.5. The molecule has 10 rings (SSSR count). The van der Waals surface area contributed by atoms with Gasteiger partial charge in [-0.3, -0.25) is 0 Å². The van der Waals surface area contributed by atoms with Gasteiger partial charge < -0.3 is 19.1 Å². The zero-order chi connectivity index (χ0) is 42.5. The van der Waals surface area contributed by atoms with Crippen molar-refractivity contribution >= 4 is 44.6 Å². The van der Waals surface area contributed by atoms with E-state index >= 15 is 0 Å². The minimum atomic E-state index is -0.598. The van der Waals surface area contributed by atoms with Gasteiger partial charge in [0.15, 0.2) is 0 Å². The van der Waals surface area contributed by atoms with Gasteiger partial charge in [0.05, 0.1) is 0 Å². The van der Waals surface area contributed by atoms with Gasteiger partial charge in [0, 0.05) is 67.4 Å². The number of benzene rings is 7. The number of hydrogen-bond acceptors (Lipinski definition) is 4. The van der Waals surface area contributed by atoms with E-state index in [2.05, 4.69) is 152 Å². The van der Waals surface area contributed by atoms with Crippen LogP contribution in [0, 0.1) is 30.4 Å². The van der Waals surface area contributed by atoms with Crippen LogP contribution in [0.15, 0.2) is 158 Å². The first kappa shape index (κ1) is 41.8. The van der Waals surface area contributed by atoms with Gasteiger partial charge in [-0.25, -0.2) is 13.8 Å². The summed E-state index contributed by atoms with van der Waals surface area (Å²) in [6.45, 7) is 10.8. The molecule has 5 nitrogen and oxygen atoms in total. The van der Waals surface area contributed by atoms with Crippen LogP contribution in [0.3, 0.4) is 0 Å². The van der Waals surface area contributed by atoms with Crippen LogP contribution < -0.4 is 14.5 Å². The molecule has 0 N–H and O–H groups in total. The normalized spacial score (nSPS) is 12.4. The monoisotopic (exact) mass is 1010 g/mol. The van der Waals surface area contributed by atoms with Gasteiger partial charge in [-0.05, 0) is 106 Å². The molecule has 0 bridgehead atoms. The number of rotatable bonds is 10. The maximum atomic E-state index is 14.5. The molecular weight excluding hydrogens is 966 g/mol. The molecule has 0 unspecified atom stereocenters. The fourth-order valence-corrected chi connectivity index (χ4v) is 8.69. The standard InChI is InChI=1S/C55H43F2N4O.Pt/c1-35(2)48-29-40(39-27-41(56)31-42(57)28-39)30-49(36(3)4)55(48)60-34-59(51-18-10-11-19-52(51)60)43-25-38(24-37-14-6-5-7-15-37)26-45(32-43)62-44-21-22-47-46-16-8-9-17-50(46)61(53(47)33-44)54-20-12-13-23-58-54;/h5-23,25-31,34-36H,24H2,1-4H3;/q-3;. The summed E-state index contributed by atoms with van der Waals surface area (Å²) < 4.78 is 38.0. The summed E-state index contributed by atoms with van der Waals surface area (Å²) in [6, 6.07) is 56.4. The van der Waals surface area contributed by atoms with Crippen LogP contribution >= 0.6 is 0 Å². The summed E-state index contributed by atoms with van der Waals surface area (Å²) >= 11 is 0. The average Bonchev–Trinajstić information content (AvgIpc) is 3.82. The van der Waals surface area contributed by atoms with E-state index in [1.807, 2.05) is 42.5 Å². The van der Waals surface area contributed by atoms with E-state index in [0.29, 0.717) is 23.5 Å². The number of halogens is 2. The minimum Gasteiger partial charge on any atom is -0.509 e. The van der Waals surface area contributed by atoms with E-state index in [4.69, 9.17) is 9.72 Å². The Morgan fingerprint density at radius 1 is 0.603 bits per heavy atom. The van der Waals surface area contributed by atoms with Crippen molar-refractivity contribution in [2.75, 3.05) is 9.80 Å². The number of hydrogen-bond donors (Lipinski definition) is 0. The van der Waals surface area contributed by atoms with E-state index in [1.54, 1.807) is 6.20 Å². The molecule has 0 aliphatic carbocycles. The van der Waals surface area contributed by atoms with Crippen molar-refractivity contribution in [1.82, 2.24) is 9.55 Å². The molecule has 0 radical (unpaired) electrons. The Hall–Kier alpha value is -6.56. The van der Waals surface area contributed by atoms with Crippen molar-refractivity contribution in [1.29, 1.82) is 0 Å². The summed E-state index contributed by atoms with van der Waals surface area (Å²) in [6.07, 6.45) is 2.49. The van der Waals surface area contributed by atoms with Gasteiger partial charge in [-0.1, -0.05) is 99.9 Å². The quantitative estimate of drug-likeness (QED) is 0.128. The topological polar surface area (TPSA) is 33.5 Å². The third-order valence-electron chi connectivity index (χ3n) is 11.5. The van der Waals surface area contributed by atoms with E-state index in [9.17, 15) is 8.78 Å². The molecule has 316 valence electrons. The van der Waals surface area contributed by atoms with Crippen molar-refractivity contribution in [2.24, 2.45) is 0 Å². The third kappa shape index (κ3) is 8.03. The summed E-state index contributed by atoms with van der Waals surface area (Å²) in [5, 5.41) is 2.17. The van der Waals surface area contributed by atoms with E-state index in [0.717, 1.165) is 78.7 Å². The van der Waals surface area contributed by atoms with Gasteiger partial charge >= 0.3 is 0 Å². The van der Waals surface area contributed by atoms with Gasteiger partial charge in [-0.2, -0.15) is 6.07 Å². The zero-order valence-electron chi connectivity index (χ0n) is 35.2. The van der Waals surface area contributed by atoms with Crippen LogP contribution in [0.1, 0.15) is 61.8 Å². The number of anilines is 4. The van der Waals surface area contributed by atoms with Gasteiger partial charge in [0.25, 0.3) is 0 Å². The molecule has 0 amide bonds. The molecule has 3 heterocycles. The Bertz CT molecular complexity index is 3060. The first-order valence-electron chi connectivity index (χ1n) is 21.0. The molecule has 0 fully saturated rings. The molecule has 0 saturated carbocycles. The van der Waals surface area contributed by atoms with Gasteiger partial charge in [-0.15, -0.1) is 53.6 Å². The Balaban J connectivity index is 0.00000504. The second-order valence-electron chi connectivity index (χ2n) is 16.4. The van der Waals surface area contributed by atoms with Gasteiger partial charge in [0.2, 0.25) is 0 Å². The number of aromatic nitrogens is 2. The molecule has 9 aromatic rings. The third-order valence-corrected chi connectivity index (χ3v) is 11.5. The number of pyridine rings is 1. The molecule has 1 aliphatic rings. The van der Waals surface area contributed by atoms with E-state index in [-0.39, 0.29) is 32.9 Å². The molecule has 1 aliphatic heterocycles. The molecule has 0 saturated heterocycles. The molecule has 2 aromatic heterocycles. The van der Waals surface area contributed by atoms with Crippen LogP contribution in [0.25, 0.3) is 38.8 Å².